The van der Waals surface area contributed by atoms with E-state index < -0.39 is 17.7 Å². The highest BCUT2D eigenvalue weighted by atomic mass is 16.6. The number of carboxylic acids is 1. The number of ether oxygens (including phenoxy) is 1. The minimum Gasteiger partial charge on any atom is -0.481 e. The van der Waals surface area contributed by atoms with Crippen molar-refractivity contribution < 1.29 is 24.2 Å². The molecular weight excluding hydrogens is 214 g/mol. The Bertz CT molecular complexity index is 269. The smallest absolute Gasteiger partial charge is 0.416 e. The molecule has 0 fully saturated rings. The van der Waals surface area contributed by atoms with Crippen LogP contribution in [-0.2, 0) is 14.3 Å². The lowest BCUT2D eigenvalue weighted by atomic mass is 10.2. The number of aliphatic carboxylic acids is 1. The number of carboxylic acid groups (broad SMARTS) is 1. The number of carbonyl (C=O) groups excluding carboxylic acids is 2. The standard InChI is InChI=1S/C10H17NO5/c1-10(2,3)16-9(15)11(7-12)6-4-5-8(13)14/h7H,4-6H2,1-3H3,(H,13,14). The summed E-state index contributed by atoms with van der Waals surface area (Å²) in [5.41, 5.74) is -0.675. The first kappa shape index (κ1) is 14.4. The van der Waals surface area contributed by atoms with Gasteiger partial charge in [0.2, 0.25) is 6.41 Å². The topological polar surface area (TPSA) is 83.9 Å². The van der Waals surface area contributed by atoms with Crippen LogP contribution in [0, 0.1) is 0 Å². The molecule has 2 amide bonds. The summed E-state index contributed by atoms with van der Waals surface area (Å²) in [6.07, 6.45) is -0.288. The van der Waals surface area contributed by atoms with Crippen molar-refractivity contribution in [3.63, 3.8) is 0 Å². The zero-order chi connectivity index (χ0) is 12.8. The van der Waals surface area contributed by atoms with Crippen molar-refractivity contribution in [3.8, 4) is 0 Å². The maximum Gasteiger partial charge on any atom is 0.416 e. The van der Waals surface area contributed by atoms with Gasteiger partial charge in [0.1, 0.15) is 5.60 Å². The predicted octanol–water partition coefficient (Wildman–Crippen LogP) is 1.24. The molecule has 0 aromatic heterocycles. The lowest BCUT2D eigenvalue weighted by Crippen LogP contribution is -2.36. The van der Waals surface area contributed by atoms with E-state index in [0.717, 1.165) is 4.90 Å². The summed E-state index contributed by atoms with van der Waals surface area (Å²) >= 11 is 0. The summed E-state index contributed by atoms with van der Waals surface area (Å²) in [7, 11) is 0. The van der Waals surface area contributed by atoms with Gasteiger partial charge in [-0.25, -0.2) is 4.79 Å². The molecule has 0 heterocycles. The fourth-order valence-corrected chi connectivity index (χ4v) is 0.908. The SMILES string of the molecule is CC(C)(C)OC(=O)N(C=O)CCCC(=O)O. The van der Waals surface area contributed by atoms with Crippen LogP contribution >= 0.6 is 0 Å². The molecule has 6 nitrogen and oxygen atoms in total. The molecule has 16 heavy (non-hydrogen) atoms. The zero-order valence-corrected chi connectivity index (χ0v) is 9.73. The highest BCUT2D eigenvalue weighted by Crippen LogP contribution is 2.09. The molecular formula is C10H17NO5. The molecule has 0 saturated carbocycles. The molecule has 0 bridgehead atoms. The number of rotatable bonds is 5. The third-order valence-corrected chi connectivity index (χ3v) is 1.54. The van der Waals surface area contributed by atoms with Gasteiger partial charge in [0.15, 0.2) is 0 Å². The third kappa shape index (κ3) is 6.80. The summed E-state index contributed by atoms with van der Waals surface area (Å²) in [6.45, 7) is 5.10. The Kier molecular flexibility index (Phi) is 5.49. The van der Waals surface area contributed by atoms with E-state index in [-0.39, 0.29) is 19.4 Å². The first-order valence-corrected chi connectivity index (χ1v) is 4.93. The van der Waals surface area contributed by atoms with Crippen molar-refractivity contribution in [2.45, 2.75) is 39.2 Å². The van der Waals surface area contributed by atoms with Crippen molar-refractivity contribution in [1.29, 1.82) is 0 Å². The first-order chi connectivity index (χ1) is 7.26. The van der Waals surface area contributed by atoms with Crippen LogP contribution in [0.5, 0.6) is 0 Å². The van der Waals surface area contributed by atoms with E-state index in [1.807, 2.05) is 0 Å². The van der Waals surface area contributed by atoms with Crippen molar-refractivity contribution in [1.82, 2.24) is 4.90 Å². The molecule has 0 unspecified atom stereocenters. The van der Waals surface area contributed by atoms with Crippen molar-refractivity contribution in [2.24, 2.45) is 0 Å². The van der Waals surface area contributed by atoms with E-state index in [9.17, 15) is 14.4 Å². The van der Waals surface area contributed by atoms with Gasteiger partial charge in [0.05, 0.1) is 0 Å². The molecule has 0 spiro atoms. The monoisotopic (exact) mass is 231 g/mol. The molecule has 6 heteroatoms. The summed E-state index contributed by atoms with van der Waals surface area (Å²) in [5, 5.41) is 8.40. The Labute approximate surface area is 94.2 Å². The normalized spacial score (nSPS) is 10.7. The molecule has 0 saturated heterocycles. The highest BCUT2D eigenvalue weighted by Gasteiger charge is 2.21. The van der Waals surface area contributed by atoms with Gasteiger partial charge >= 0.3 is 12.1 Å². The first-order valence-electron chi connectivity index (χ1n) is 4.93. The van der Waals surface area contributed by atoms with Crippen LogP contribution in [-0.4, -0.2) is 40.6 Å². The Hall–Kier alpha value is -1.59. The van der Waals surface area contributed by atoms with E-state index >= 15 is 0 Å². The van der Waals surface area contributed by atoms with Crippen molar-refractivity contribution in [2.75, 3.05) is 6.54 Å². The number of nitrogens with zero attached hydrogens (tertiary/aromatic N) is 1. The Morgan fingerprint density at radius 1 is 1.38 bits per heavy atom. The van der Waals surface area contributed by atoms with E-state index in [1.54, 1.807) is 20.8 Å². The third-order valence-electron chi connectivity index (χ3n) is 1.54. The van der Waals surface area contributed by atoms with Gasteiger partial charge in [-0.15, -0.1) is 0 Å². The van der Waals surface area contributed by atoms with Gasteiger partial charge in [-0.1, -0.05) is 0 Å². The highest BCUT2D eigenvalue weighted by molar-refractivity contribution is 5.80. The number of imide groups is 1. The average molecular weight is 231 g/mol. The largest absolute Gasteiger partial charge is 0.481 e. The lowest BCUT2D eigenvalue weighted by Gasteiger charge is -2.23. The molecule has 0 atom stereocenters. The fraction of sp³-hybridized carbons (Fsp3) is 0.700. The van der Waals surface area contributed by atoms with E-state index in [4.69, 9.17) is 9.84 Å². The van der Waals surface area contributed by atoms with Crippen LogP contribution in [0.2, 0.25) is 0 Å². The molecule has 1 N–H and O–H groups in total. The van der Waals surface area contributed by atoms with Crippen LogP contribution in [0.4, 0.5) is 4.79 Å². The predicted molar refractivity (Wildman–Crippen MR) is 55.9 cm³/mol. The maximum atomic E-state index is 11.4. The minimum atomic E-state index is -0.963. The maximum absolute atomic E-state index is 11.4. The van der Waals surface area contributed by atoms with Gasteiger partial charge in [-0.3, -0.25) is 14.5 Å². The van der Waals surface area contributed by atoms with Crippen LogP contribution in [0.3, 0.4) is 0 Å². The van der Waals surface area contributed by atoms with Gasteiger partial charge in [-0.2, -0.15) is 0 Å². The molecule has 0 rings (SSSR count). The molecule has 0 aromatic rings. The van der Waals surface area contributed by atoms with Gasteiger partial charge < -0.3 is 9.84 Å². The van der Waals surface area contributed by atoms with Crippen LogP contribution in [0.25, 0.3) is 0 Å². The van der Waals surface area contributed by atoms with E-state index in [0.29, 0.717) is 6.41 Å². The average Bonchev–Trinajstić information content (AvgIpc) is 2.08. The summed E-state index contributed by atoms with van der Waals surface area (Å²) < 4.78 is 4.96. The van der Waals surface area contributed by atoms with Gasteiger partial charge in [0.25, 0.3) is 0 Å². The van der Waals surface area contributed by atoms with Crippen molar-refractivity contribution in [3.05, 3.63) is 0 Å². The van der Waals surface area contributed by atoms with Gasteiger partial charge in [-0.05, 0) is 27.2 Å². The van der Waals surface area contributed by atoms with E-state index in [2.05, 4.69) is 0 Å². The molecule has 0 aromatic carbocycles. The Morgan fingerprint density at radius 3 is 2.31 bits per heavy atom. The van der Waals surface area contributed by atoms with Crippen LogP contribution in [0.15, 0.2) is 0 Å². The summed E-state index contributed by atoms with van der Waals surface area (Å²) in [5.74, 6) is -0.963. The Balaban J connectivity index is 4.12. The van der Waals surface area contributed by atoms with Crippen LogP contribution < -0.4 is 0 Å². The zero-order valence-electron chi connectivity index (χ0n) is 9.73. The lowest BCUT2D eigenvalue weighted by molar-refractivity contribution is -0.137. The Morgan fingerprint density at radius 2 is 1.94 bits per heavy atom. The van der Waals surface area contributed by atoms with Gasteiger partial charge in [0, 0.05) is 13.0 Å². The number of carbonyl (C=O) groups is 3. The molecule has 0 radical (unpaired) electrons. The molecule has 0 aliphatic carbocycles. The van der Waals surface area contributed by atoms with Crippen LogP contribution in [0.1, 0.15) is 33.6 Å². The number of hydrogen-bond acceptors (Lipinski definition) is 4. The van der Waals surface area contributed by atoms with Crippen molar-refractivity contribution >= 4 is 18.5 Å². The molecule has 92 valence electrons. The minimum absolute atomic E-state index is 0.0463. The summed E-state index contributed by atoms with van der Waals surface area (Å²) in [6, 6.07) is 0. The second-order valence-electron chi connectivity index (χ2n) is 4.28. The summed E-state index contributed by atoms with van der Waals surface area (Å²) in [4.78, 5) is 33.0. The molecule has 0 aliphatic heterocycles. The molecule has 0 aliphatic rings. The fourth-order valence-electron chi connectivity index (χ4n) is 0.908. The number of hydrogen-bond donors (Lipinski definition) is 1. The second-order valence-corrected chi connectivity index (χ2v) is 4.28. The van der Waals surface area contributed by atoms with E-state index in [1.165, 1.54) is 0 Å². The quantitative estimate of drug-likeness (QED) is 0.720. The number of amides is 2. The second kappa shape index (κ2) is 6.09.